The van der Waals surface area contributed by atoms with Crippen LogP contribution < -0.4 is 0 Å². The molecule has 1 heterocycles. The second-order valence-electron chi connectivity index (χ2n) is 3.67. The van der Waals surface area contributed by atoms with E-state index in [1.807, 2.05) is 18.1 Å². The minimum atomic E-state index is -0.0897. The van der Waals surface area contributed by atoms with E-state index in [0.29, 0.717) is 0 Å². The molecule has 3 nitrogen and oxygen atoms in total. The Bertz CT molecular complexity index is 227. The van der Waals surface area contributed by atoms with E-state index in [-0.39, 0.29) is 6.35 Å². The summed E-state index contributed by atoms with van der Waals surface area (Å²) in [5, 5.41) is 0. The van der Waals surface area contributed by atoms with Crippen molar-refractivity contribution in [2.45, 2.75) is 38.5 Å². The van der Waals surface area contributed by atoms with E-state index in [4.69, 9.17) is 4.74 Å². The highest BCUT2D eigenvalue weighted by atomic mass is 16.5. The van der Waals surface area contributed by atoms with Crippen molar-refractivity contribution >= 4 is 5.71 Å². The van der Waals surface area contributed by atoms with E-state index in [2.05, 4.69) is 4.99 Å². The second kappa shape index (κ2) is 3.81. The van der Waals surface area contributed by atoms with Gasteiger partial charge in [0.15, 0.2) is 0 Å². The SMILES string of the molecule is CN1C=CO[C@H]1N=C1CCCCC1. The van der Waals surface area contributed by atoms with Crippen LogP contribution in [0, 0.1) is 0 Å². The summed E-state index contributed by atoms with van der Waals surface area (Å²) in [6.45, 7) is 0. The van der Waals surface area contributed by atoms with E-state index in [1.54, 1.807) is 6.26 Å². The Hall–Kier alpha value is -0.990. The Morgan fingerprint density at radius 2 is 2.15 bits per heavy atom. The first-order valence-corrected chi connectivity index (χ1v) is 4.96. The van der Waals surface area contributed by atoms with E-state index < -0.39 is 0 Å². The van der Waals surface area contributed by atoms with Crippen molar-refractivity contribution in [3.8, 4) is 0 Å². The van der Waals surface area contributed by atoms with Gasteiger partial charge in [-0.2, -0.15) is 0 Å². The molecule has 1 aliphatic heterocycles. The monoisotopic (exact) mass is 180 g/mol. The highest BCUT2D eigenvalue weighted by molar-refractivity contribution is 5.85. The molecule has 0 amide bonds. The summed E-state index contributed by atoms with van der Waals surface area (Å²) in [5.74, 6) is 0. The Labute approximate surface area is 79.1 Å². The Morgan fingerprint density at radius 1 is 1.38 bits per heavy atom. The van der Waals surface area contributed by atoms with Crippen LogP contribution >= 0.6 is 0 Å². The smallest absolute Gasteiger partial charge is 0.269 e. The average molecular weight is 180 g/mol. The summed E-state index contributed by atoms with van der Waals surface area (Å²) in [6.07, 6.45) is 9.80. The van der Waals surface area contributed by atoms with Gasteiger partial charge in [0, 0.05) is 19.0 Å². The lowest BCUT2D eigenvalue weighted by molar-refractivity contribution is 0.0813. The van der Waals surface area contributed by atoms with E-state index >= 15 is 0 Å². The maximum absolute atomic E-state index is 5.33. The van der Waals surface area contributed by atoms with Crippen LogP contribution in [0.25, 0.3) is 0 Å². The van der Waals surface area contributed by atoms with Gasteiger partial charge in [0.05, 0.1) is 0 Å². The molecule has 2 rings (SSSR count). The molecule has 3 heteroatoms. The quantitative estimate of drug-likeness (QED) is 0.617. The summed E-state index contributed by atoms with van der Waals surface area (Å²) in [6, 6.07) is 0. The van der Waals surface area contributed by atoms with Crippen LogP contribution in [0.5, 0.6) is 0 Å². The summed E-state index contributed by atoms with van der Waals surface area (Å²) >= 11 is 0. The van der Waals surface area contributed by atoms with Gasteiger partial charge in [0.1, 0.15) is 6.26 Å². The normalized spacial score (nSPS) is 27.6. The molecule has 0 radical (unpaired) electrons. The lowest BCUT2D eigenvalue weighted by atomic mass is 9.99. The molecule has 1 atom stereocenters. The lowest BCUT2D eigenvalue weighted by Crippen LogP contribution is -2.23. The van der Waals surface area contributed by atoms with Crippen LogP contribution in [0.3, 0.4) is 0 Å². The van der Waals surface area contributed by atoms with Gasteiger partial charge >= 0.3 is 0 Å². The fourth-order valence-electron chi connectivity index (χ4n) is 1.74. The molecule has 0 aromatic rings. The third kappa shape index (κ3) is 2.02. The zero-order valence-electron chi connectivity index (χ0n) is 8.07. The summed E-state index contributed by atoms with van der Waals surface area (Å²) in [5.41, 5.74) is 1.33. The van der Waals surface area contributed by atoms with Gasteiger partial charge in [0.2, 0.25) is 0 Å². The molecule has 2 aliphatic rings. The average Bonchev–Trinajstić information content (AvgIpc) is 2.54. The lowest BCUT2D eigenvalue weighted by Gasteiger charge is -2.19. The molecular weight excluding hydrogens is 164 g/mol. The minimum absolute atomic E-state index is 0.0897. The van der Waals surface area contributed by atoms with Gasteiger partial charge in [0.25, 0.3) is 6.35 Å². The zero-order valence-corrected chi connectivity index (χ0v) is 8.07. The van der Waals surface area contributed by atoms with Crippen LogP contribution in [-0.2, 0) is 4.74 Å². The molecule has 0 aromatic carbocycles. The molecule has 72 valence electrons. The number of hydrogen-bond donors (Lipinski definition) is 0. The molecule has 0 unspecified atom stereocenters. The predicted molar refractivity (Wildman–Crippen MR) is 52.3 cm³/mol. The number of nitrogens with zero attached hydrogens (tertiary/aromatic N) is 2. The third-order valence-corrected chi connectivity index (χ3v) is 2.57. The number of ether oxygens (including phenoxy) is 1. The Kier molecular flexibility index (Phi) is 2.52. The van der Waals surface area contributed by atoms with Crippen molar-refractivity contribution in [1.82, 2.24) is 4.90 Å². The van der Waals surface area contributed by atoms with Crippen LogP contribution in [0.4, 0.5) is 0 Å². The molecule has 0 aromatic heterocycles. The van der Waals surface area contributed by atoms with Crippen LogP contribution in [0.2, 0.25) is 0 Å². The summed E-state index contributed by atoms with van der Waals surface area (Å²) in [7, 11) is 1.99. The van der Waals surface area contributed by atoms with Crippen molar-refractivity contribution in [3.63, 3.8) is 0 Å². The maximum atomic E-state index is 5.33. The molecular formula is C10H16N2O. The van der Waals surface area contributed by atoms with Crippen LogP contribution in [-0.4, -0.2) is 24.0 Å². The molecule has 1 fully saturated rings. The van der Waals surface area contributed by atoms with Crippen LogP contribution in [0.1, 0.15) is 32.1 Å². The van der Waals surface area contributed by atoms with Gasteiger partial charge in [-0.05, 0) is 25.7 Å². The first-order valence-electron chi connectivity index (χ1n) is 4.96. The molecule has 0 spiro atoms. The van der Waals surface area contributed by atoms with Gasteiger partial charge in [-0.25, -0.2) is 4.99 Å². The molecule has 0 saturated heterocycles. The van der Waals surface area contributed by atoms with E-state index in [0.717, 1.165) is 12.8 Å². The van der Waals surface area contributed by atoms with Gasteiger partial charge in [-0.3, -0.25) is 0 Å². The molecule has 0 N–H and O–H groups in total. The van der Waals surface area contributed by atoms with Crippen molar-refractivity contribution in [2.24, 2.45) is 4.99 Å². The fraction of sp³-hybridized carbons (Fsp3) is 0.700. The van der Waals surface area contributed by atoms with E-state index in [9.17, 15) is 0 Å². The highest BCUT2D eigenvalue weighted by Crippen LogP contribution is 2.18. The number of aliphatic imine (C=N–C) groups is 1. The minimum Gasteiger partial charge on any atom is -0.457 e. The molecule has 1 saturated carbocycles. The largest absolute Gasteiger partial charge is 0.457 e. The van der Waals surface area contributed by atoms with Gasteiger partial charge in [-0.1, -0.05) is 6.42 Å². The van der Waals surface area contributed by atoms with Gasteiger partial charge < -0.3 is 9.64 Å². The summed E-state index contributed by atoms with van der Waals surface area (Å²) < 4.78 is 5.33. The van der Waals surface area contributed by atoms with E-state index in [1.165, 1.54) is 25.0 Å². The third-order valence-electron chi connectivity index (χ3n) is 2.57. The second-order valence-corrected chi connectivity index (χ2v) is 3.67. The Balaban J connectivity index is 1.94. The van der Waals surface area contributed by atoms with Gasteiger partial charge in [-0.15, -0.1) is 0 Å². The highest BCUT2D eigenvalue weighted by Gasteiger charge is 2.16. The van der Waals surface area contributed by atoms with Crippen molar-refractivity contribution < 1.29 is 4.74 Å². The predicted octanol–water partition coefficient (Wildman–Crippen LogP) is 2.11. The standard InChI is InChI=1S/C10H16N2O/c1-12-7-8-13-10(12)11-9-5-3-2-4-6-9/h7-8,10H,2-6H2,1H3/t10-/m0/s1. The number of hydrogen-bond acceptors (Lipinski definition) is 3. The Morgan fingerprint density at radius 3 is 2.77 bits per heavy atom. The fourth-order valence-corrected chi connectivity index (χ4v) is 1.74. The zero-order chi connectivity index (χ0) is 9.10. The first kappa shape index (κ1) is 8.60. The molecule has 0 bridgehead atoms. The van der Waals surface area contributed by atoms with Crippen molar-refractivity contribution in [2.75, 3.05) is 7.05 Å². The maximum Gasteiger partial charge on any atom is 0.269 e. The topological polar surface area (TPSA) is 24.8 Å². The molecule has 13 heavy (non-hydrogen) atoms. The number of rotatable bonds is 1. The first-order chi connectivity index (χ1) is 6.36. The molecule has 1 aliphatic carbocycles. The van der Waals surface area contributed by atoms with Crippen molar-refractivity contribution in [1.29, 1.82) is 0 Å². The summed E-state index contributed by atoms with van der Waals surface area (Å²) in [4.78, 5) is 6.56. The van der Waals surface area contributed by atoms with Crippen LogP contribution in [0.15, 0.2) is 17.5 Å². The van der Waals surface area contributed by atoms with Crippen molar-refractivity contribution in [3.05, 3.63) is 12.5 Å².